The number of nitrogens with zero attached hydrogens (tertiary/aromatic N) is 3. The van der Waals surface area contributed by atoms with Crippen molar-refractivity contribution in [2.45, 2.75) is 65.6 Å². The molecular weight excluding hydrogens is 382 g/mol. The Bertz CT molecular complexity index is 644. The van der Waals surface area contributed by atoms with E-state index in [-0.39, 0.29) is 12.1 Å². The summed E-state index contributed by atoms with van der Waals surface area (Å²) in [4.78, 5) is 11.8. The molecule has 0 radical (unpaired) electrons. The van der Waals surface area contributed by atoms with Crippen molar-refractivity contribution < 1.29 is 13.9 Å². The molecule has 3 rings (SSSR count). The number of nitrogens with one attached hydrogen (secondary N) is 2. The van der Waals surface area contributed by atoms with Crippen LogP contribution in [0.2, 0.25) is 0 Å². The van der Waals surface area contributed by atoms with Gasteiger partial charge in [-0.2, -0.15) is 0 Å². The fourth-order valence-electron chi connectivity index (χ4n) is 3.87. The minimum atomic E-state index is 0.206. The molecule has 2 unspecified atom stereocenters. The molecule has 2 saturated heterocycles. The Morgan fingerprint density at radius 2 is 2.10 bits per heavy atom. The van der Waals surface area contributed by atoms with Gasteiger partial charge in [0.1, 0.15) is 5.76 Å². The third-order valence-corrected chi connectivity index (χ3v) is 5.84. The van der Waals surface area contributed by atoms with Gasteiger partial charge in [-0.25, -0.2) is 4.98 Å². The molecule has 170 valence electrons. The Morgan fingerprint density at radius 3 is 2.73 bits per heavy atom. The predicted molar refractivity (Wildman–Crippen MR) is 118 cm³/mol. The first-order valence-electron chi connectivity index (χ1n) is 11.4. The second-order valence-electron chi connectivity index (χ2n) is 8.55. The van der Waals surface area contributed by atoms with Crippen molar-refractivity contribution in [1.29, 1.82) is 0 Å². The zero-order valence-corrected chi connectivity index (χ0v) is 19.1. The van der Waals surface area contributed by atoms with Crippen molar-refractivity contribution >= 4 is 5.96 Å². The fraction of sp³-hybridized carbons (Fsp3) is 0.818. The highest BCUT2D eigenvalue weighted by Crippen LogP contribution is 2.20. The standard InChI is InChI=1S/C22H39N5O3/c1-5-23-22(25-16(2)14-29-20-8-11-28-15-20)24-12-19-6-9-27(10-7-19)13-21-26-17(3)18(4)30-21/h16,19-20H,5-15H2,1-4H3,(H2,23,24,25). The minimum absolute atomic E-state index is 0.206. The summed E-state index contributed by atoms with van der Waals surface area (Å²) in [6, 6.07) is 0.206. The van der Waals surface area contributed by atoms with Gasteiger partial charge in [0.25, 0.3) is 0 Å². The van der Waals surface area contributed by atoms with Gasteiger partial charge in [-0.1, -0.05) is 0 Å². The van der Waals surface area contributed by atoms with Crippen LogP contribution in [-0.4, -0.2) is 74.0 Å². The lowest BCUT2D eigenvalue weighted by Crippen LogP contribution is -2.45. The van der Waals surface area contributed by atoms with Crippen LogP contribution in [0.3, 0.4) is 0 Å². The number of hydrogen-bond acceptors (Lipinski definition) is 6. The molecule has 2 atom stereocenters. The topological polar surface area (TPSA) is 84.2 Å². The lowest BCUT2D eigenvalue weighted by Gasteiger charge is -2.30. The second-order valence-corrected chi connectivity index (χ2v) is 8.55. The minimum Gasteiger partial charge on any atom is -0.444 e. The Morgan fingerprint density at radius 1 is 1.30 bits per heavy atom. The monoisotopic (exact) mass is 421 g/mol. The average Bonchev–Trinajstić information content (AvgIpc) is 3.35. The molecule has 3 heterocycles. The molecule has 1 aromatic rings. The molecule has 2 N–H and O–H groups in total. The van der Waals surface area contributed by atoms with Gasteiger partial charge >= 0.3 is 0 Å². The molecule has 1 aromatic heterocycles. The number of aryl methyl sites for hydroxylation is 2. The first kappa shape index (κ1) is 23.0. The van der Waals surface area contributed by atoms with E-state index in [2.05, 4.69) is 34.4 Å². The van der Waals surface area contributed by atoms with Gasteiger partial charge in [0.15, 0.2) is 5.96 Å². The first-order valence-corrected chi connectivity index (χ1v) is 11.4. The van der Waals surface area contributed by atoms with E-state index in [1.165, 1.54) is 0 Å². The van der Waals surface area contributed by atoms with Crippen molar-refractivity contribution in [2.75, 3.05) is 46.0 Å². The molecule has 0 amide bonds. The van der Waals surface area contributed by atoms with Crippen LogP contribution in [0, 0.1) is 19.8 Å². The predicted octanol–water partition coefficient (Wildman–Crippen LogP) is 2.25. The molecule has 2 aliphatic rings. The summed E-state index contributed by atoms with van der Waals surface area (Å²) in [5, 5.41) is 6.83. The molecule has 8 heteroatoms. The molecule has 0 aliphatic carbocycles. The van der Waals surface area contributed by atoms with Gasteiger partial charge in [-0.15, -0.1) is 0 Å². The molecule has 2 aliphatic heterocycles. The van der Waals surface area contributed by atoms with Gasteiger partial charge in [0, 0.05) is 25.7 Å². The molecule has 0 saturated carbocycles. The Kier molecular flexibility index (Phi) is 8.96. The number of hydrogen-bond donors (Lipinski definition) is 2. The number of likely N-dealkylation sites (tertiary alicyclic amines) is 1. The molecule has 2 fully saturated rings. The lowest BCUT2D eigenvalue weighted by molar-refractivity contribution is 0.0347. The molecule has 8 nitrogen and oxygen atoms in total. The van der Waals surface area contributed by atoms with E-state index >= 15 is 0 Å². The summed E-state index contributed by atoms with van der Waals surface area (Å²) in [6.07, 6.45) is 3.54. The van der Waals surface area contributed by atoms with E-state index < -0.39 is 0 Å². The Labute approximate surface area is 180 Å². The quantitative estimate of drug-likeness (QED) is 0.467. The van der Waals surface area contributed by atoms with Crippen molar-refractivity contribution in [2.24, 2.45) is 10.9 Å². The summed E-state index contributed by atoms with van der Waals surface area (Å²) in [7, 11) is 0. The summed E-state index contributed by atoms with van der Waals surface area (Å²) >= 11 is 0. The molecule has 0 spiro atoms. The first-order chi connectivity index (χ1) is 14.5. The molecule has 0 aromatic carbocycles. The number of ether oxygens (including phenoxy) is 2. The highest BCUT2D eigenvalue weighted by atomic mass is 16.5. The maximum atomic E-state index is 5.92. The van der Waals surface area contributed by atoms with E-state index in [1.807, 2.05) is 13.8 Å². The Hall–Kier alpha value is -1.64. The smallest absolute Gasteiger partial charge is 0.208 e. The van der Waals surface area contributed by atoms with Crippen molar-refractivity contribution in [3.05, 3.63) is 17.3 Å². The van der Waals surface area contributed by atoms with Gasteiger partial charge in [0.05, 0.1) is 31.6 Å². The third-order valence-electron chi connectivity index (χ3n) is 5.84. The van der Waals surface area contributed by atoms with E-state index in [9.17, 15) is 0 Å². The van der Waals surface area contributed by atoms with Crippen molar-refractivity contribution in [1.82, 2.24) is 20.5 Å². The van der Waals surface area contributed by atoms with Crippen LogP contribution >= 0.6 is 0 Å². The van der Waals surface area contributed by atoms with Crippen LogP contribution in [0.4, 0.5) is 0 Å². The number of aromatic nitrogens is 1. The van der Waals surface area contributed by atoms with Crippen molar-refractivity contribution in [3.63, 3.8) is 0 Å². The average molecular weight is 422 g/mol. The fourth-order valence-corrected chi connectivity index (χ4v) is 3.87. The SMILES string of the molecule is CCNC(=NCC1CCN(Cc2nc(C)c(C)o2)CC1)NC(C)COC1CCOC1. The molecular formula is C22H39N5O3. The summed E-state index contributed by atoms with van der Waals surface area (Å²) in [5.74, 6) is 3.26. The number of rotatable bonds is 9. The van der Waals surface area contributed by atoms with Crippen LogP contribution in [0.1, 0.15) is 50.5 Å². The molecule has 30 heavy (non-hydrogen) atoms. The van der Waals surface area contributed by atoms with Gasteiger partial charge < -0.3 is 24.5 Å². The van der Waals surface area contributed by atoms with Crippen LogP contribution in [0.15, 0.2) is 9.41 Å². The third kappa shape index (κ3) is 7.25. The Balaban J connectivity index is 1.38. The number of aliphatic imine (C=N–C) groups is 1. The summed E-state index contributed by atoms with van der Waals surface area (Å²) in [5.41, 5.74) is 0.994. The zero-order chi connectivity index (χ0) is 21.3. The second kappa shape index (κ2) is 11.7. The zero-order valence-electron chi connectivity index (χ0n) is 19.1. The number of oxazole rings is 1. The van der Waals surface area contributed by atoms with E-state index in [4.69, 9.17) is 18.9 Å². The normalized spacial score (nSPS) is 22.4. The number of piperidine rings is 1. The summed E-state index contributed by atoms with van der Waals surface area (Å²) in [6.45, 7) is 15.0. The summed E-state index contributed by atoms with van der Waals surface area (Å²) < 4.78 is 17.0. The highest BCUT2D eigenvalue weighted by Gasteiger charge is 2.21. The maximum Gasteiger partial charge on any atom is 0.208 e. The highest BCUT2D eigenvalue weighted by molar-refractivity contribution is 5.80. The van der Waals surface area contributed by atoms with E-state index in [1.54, 1.807) is 0 Å². The van der Waals surface area contributed by atoms with Gasteiger partial charge in [0.2, 0.25) is 5.89 Å². The van der Waals surface area contributed by atoms with Crippen LogP contribution in [-0.2, 0) is 16.0 Å². The van der Waals surface area contributed by atoms with Crippen molar-refractivity contribution in [3.8, 4) is 0 Å². The molecule has 0 bridgehead atoms. The maximum absolute atomic E-state index is 5.92. The van der Waals surface area contributed by atoms with Crippen LogP contribution in [0.5, 0.6) is 0 Å². The van der Waals surface area contributed by atoms with Gasteiger partial charge in [-0.3, -0.25) is 9.89 Å². The van der Waals surface area contributed by atoms with E-state index in [0.717, 1.165) is 88.5 Å². The van der Waals surface area contributed by atoms with Crippen LogP contribution in [0.25, 0.3) is 0 Å². The largest absolute Gasteiger partial charge is 0.444 e. The van der Waals surface area contributed by atoms with Crippen LogP contribution < -0.4 is 10.6 Å². The number of guanidine groups is 1. The van der Waals surface area contributed by atoms with E-state index in [0.29, 0.717) is 12.5 Å². The lowest BCUT2D eigenvalue weighted by atomic mass is 9.97. The van der Waals surface area contributed by atoms with Gasteiger partial charge in [-0.05, 0) is 66.0 Å².